The molecule has 3 nitrogen and oxygen atoms in total. The van der Waals surface area contributed by atoms with Crippen LogP contribution in [0.2, 0.25) is 0 Å². The Morgan fingerprint density at radius 2 is 2.15 bits per heavy atom. The van der Waals surface area contributed by atoms with Crippen molar-refractivity contribution in [2.24, 2.45) is 11.8 Å². The average Bonchev–Trinajstić information content (AvgIpc) is 2.59. The molecule has 1 N–H and O–H groups in total. The number of fused-ring (bicyclic) bond motifs is 2. The van der Waals surface area contributed by atoms with E-state index in [9.17, 15) is 5.11 Å². The van der Waals surface area contributed by atoms with E-state index in [1.165, 1.54) is 24.0 Å². The zero-order valence-electron chi connectivity index (χ0n) is 17.5. The first-order valence-corrected chi connectivity index (χ1v) is 10.6. The fourth-order valence-electron chi connectivity index (χ4n) is 5.00. The van der Waals surface area contributed by atoms with Crippen molar-refractivity contribution in [3.8, 4) is 0 Å². The Morgan fingerprint density at radius 3 is 2.85 bits per heavy atom. The maximum Gasteiger partial charge on any atom is 0.196 e. The molecule has 2 aliphatic carbocycles. The number of aliphatic hydroxyl groups is 1. The van der Waals surface area contributed by atoms with Crippen LogP contribution in [0.15, 0.2) is 47.3 Å². The highest BCUT2D eigenvalue weighted by molar-refractivity contribution is 5.42. The Balaban J connectivity index is 2.04. The summed E-state index contributed by atoms with van der Waals surface area (Å²) in [6, 6.07) is 0. The quantitative estimate of drug-likeness (QED) is 0.347. The molecule has 1 unspecified atom stereocenters. The highest BCUT2D eigenvalue weighted by Crippen LogP contribution is 2.53. The van der Waals surface area contributed by atoms with Crippen molar-refractivity contribution in [2.45, 2.75) is 84.0 Å². The third-order valence-electron chi connectivity index (χ3n) is 6.38. The maximum absolute atomic E-state index is 11.6. The molecule has 0 radical (unpaired) electrons. The van der Waals surface area contributed by atoms with Crippen LogP contribution in [0.4, 0.5) is 0 Å². The van der Waals surface area contributed by atoms with Crippen molar-refractivity contribution in [1.82, 2.24) is 0 Å². The van der Waals surface area contributed by atoms with Gasteiger partial charge in [0.15, 0.2) is 5.79 Å². The van der Waals surface area contributed by atoms with Crippen LogP contribution in [0.25, 0.3) is 0 Å². The summed E-state index contributed by atoms with van der Waals surface area (Å²) in [7, 11) is 0. The topological polar surface area (TPSA) is 38.7 Å². The Morgan fingerprint density at radius 1 is 1.37 bits per heavy atom. The zero-order valence-corrected chi connectivity index (χ0v) is 17.5. The first-order valence-electron chi connectivity index (χ1n) is 10.6. The van der Waals surface area contributed by atoms with Gasteiger partial charge in [0.25, 0.3) is 0 Å². The van der Waals surface area contributed by atoms with Gasteiger partial charge >= 0.3 is 0 Å². The Hall–Kier alpha value is -1.32. The molecule has 0 amide bonds. The van der Waals surface area contributed by atoms with Crippen molar-refractivity contribution in [3.05, 3.63) is 47.3 Å². The fraction of sp³-hybridized carbons (Fsp3) is 0.667. The fourth-order valence-corrected chi connectivity index (χ4v) is 5.00. The molecule has 3 heteroatoms. The first kappa shape index (κ1) is 20.4. The molecule has 1 aliphatic heterocycles. The van der Waals surface area contributed by atoms with Crippen LogP contribution in [0.5, 0.6) is 0 Å². The summed E-state index contributed by atoms with van der Waals surface area (Å²) >= 11 is 0. The molecule has 150 valence electrons. The van der Waals surface area contributed by atoms with Gasteiger partial charge < -0.3 is 14.6 Å². The molecule has 0 saturated heterocycles. The van der Waals surface area contributed by atoms with E-state index < -0.39 is 5.79 Å². The summed E-state index contributed by atoms with van der Waals surface area (Å²) in [5.74, 6) is 0.0546. The predicted molar refractivity (Wildman–Crippen MR) is 110 cm³/mol. The van der Waals surface area contributed by atoms with Gasteiger partial charge in [-0.25, -0.2) is 0 Å². The van der Waals surface area contributed by atoms with E-state index in [2.05, 4.69) is 46.4 Å². The number of hydrogen-bond acceptors (Lipinski definition) is 3. The predicted octanol–water partition coefficient (Wildman–Crippen LogP) is 5.82. The monoisotopic (exact) mass is 372 g/mol. The zero-order chi connectivity index (χ0) is 19.7. The van der Waals surface area contributed by atoms with Crippen molar-refractivity contribution in [1.29, 1.82) is 0 Å². The van der Waals surface area contributed by atoms with E-state index in [-0.39, 0.29) is 11.5 Å². The summed E-state index contributed by atoms with van der Waals surface area (Å²) in [5.41, 5.74) is 3.29. The van der Waals surface area contributed by atoms with Gasteiger partial charge in [-0.1, -0.05) is 43.1 Å². The minimum atomic E-state index is -1.30. The summed E-state index contributed by atoms with van der Waals surface area (Å²) < 4.78 is 12.5. The summed E-state index contributed by atoms with van der Waals surface area (Å²) in [4.78, 5) is 0. The maximum atomic E-state index is 11.6. The van der Waals surface area contributed by atoms with Crippen molar-refractivity contribution in [3.63, 3.8) is 0 Å². The average molecular weight is 373 g/mol. The van der Waals surface area contributed by atoms with E-state index in [0.29, 0.717) is 18.9 Å². The van der Waals surface area contributed by atoms with Gasteiger partial charge in [0, 0.05) is 23.8 Å². The minimum absolute atomic E-state index is 0.167. The lowest BCUT2D eigenvalue weighted by atomic mass is 9.65. The Bertz CT molecular complexity index is 667. The highest BCUT2D eigenvalue weighted by atomic mass is 16.6. The van der Waals surface area contributed by atoms with E-state index in [4.69, 9.17) is 9.47 Å². The van der Waals surface area contributed by atoms with Gasteiger partial charge in [-0.15, -0.1) is 6.58 Å². The number of rotatable bonds is 7. The van der Waals surface area contributed by atoms with Gasteiger partial charge in [-0.3, -0.25) is 0 Å². The van der Waals surface area contributed by atoms with Crippen molar-refractivity contribution in [2.75, 3.05) is 6.61 Å². The molecule has 3 atom stereocenters. The molecule has 0 saturated carbocycles. The second-order valence-corrected chi connectivity index (χ2v) is 8.99. The van der Waals surface area contributed by atoms with Crippen LogP contribution < -0.4 is 0 Å². The number of allylic oxidation sites excluding steroid dienone is 3. The number of unbranched alkanes of at least 4 members (excludes halogenated alkanes) is 2. The van der Waals surface area contributed by atoms with Gasteiger partial charge in [0.05, 0.1) is 6.61 Å². The molecule has 0 aromatic rings. The van der Waals surface area contributed by atoms with Gasteiger partial charge in [0.2, 0.25) is 0 Å². The van der Waals surface area contributed by atoms with E-state index >= 15 is 0 Å². The summed E-state index contributed by atoms with van der Waals surface area (Å²) in [6.07, 6.45) is 13.5. The van der Waals surface area contributed by atoms with Crippen LogP contribution in [-0.2, 0) is 9.47 Å². The normalized spacial score (nSPS) is 32.0. The summed E-state index contributed by atoms with van der Waals surface area (Å²) in [5, 5.41) is 11.6. The first-order chi connectivity index (χ1) is 12.8. The molecular weight excluding hydrogens is 336 g/mol. The van der Waals surface area contributed by atoms with Crippen molar-refractivity contribution < 1.29 is 14.6 Å². The summed E-state index contributed by atoms with van der Waals surface area (Å²) in [6.45, 7) is 12.9. The van der Waals surface area contributed by atoms with E-state index in [0.717, 1.165) is 37.0 Å². The van der Waals surface area contributed by atoms with Gasteiger partial charge in [-0.2, -0.15) is 0 Å². The number of hydrogen-bond donors (Lipinski definition) is 1. The van der Waals surface area contributed by atoms with E-state index in [1.54, 1.807) is 6.08 Å². The van der Waals surface area contributed by atoms with Gasteiger partial charge in [-0.05, 0) is 52.5 Å². The lowest BCUT2D eigenvalue weighted by Crippen LogP contribution is -2.51. The lowest BCUT2D eigenvalue weighted by molar-refractivity contribution is -0.186. The standard InChI is InChI=1S/C24H36O3/c1-6-8-9-10-18-15-21-22(24(25,16-18)26-13-7-2)19-14-17(3)11-12-20(19)23(4,5)27-21/h7,14-15,19-20,25H,2,6,8-13,16H2,1,3-5H3/t19-,20-,24?/m1/s1. The SMILES string of the molecule is C=CCOC1(O)CC(CCCCC)=CC2=C1[C@@H]1C=C(C)CC[C@H]1C(C)(C)O2. The minimum Gasteiger partial charge on any atom is -0.487 e. The largest absolute Gasteiger partial charge is 0.487 e. The molecule has 27 heavy (non-hydrogen) atoms. The molecule has 0 spiro atoms. The van der Waals surface area contributed by atoms with Crippen LogP contribution in [0, 0.1) is 11.8 Å². The third-order valence-corrected chi connectivity index (χ3v) is 6.38. The Labute approximate surface area is 164 Å². The lowest BCUT2D eigenvalue weighted by Gasteiger charge is -2.51. The van der Waals surface area contributed by atoms with Crippen LogP contribution in [-0.4, -0.2) is 23.1 Å². The second-order valence-electron chi connectivity index (χ2n) is 8.99. The van der Waals surface area contributed by atoms with Crippen LogP contribution in [0.3, 0.4) is 0 Å². The van der Waals surface area contributed by atoms with Crippen molar-refractivity contribution >= 4 is 0 Å². The second kappa shape index (κ2) is 7.97. The molecule has 0 bridgehead atoms. The molecule has 1 heterocycles. The highest BCUT2D eigenvalue weighted by Gasteiger charge is 2.52. The van der Waals surface area contributed by atoms with Crippen LogP contribution >= 0.6 is 0 Å². The Kier molecular flexibility index (Phi) is 6.02. The smallest absolute Gasteiger partial charge is 0.196 e. The molecule has 0 fully saturated rings. The molecular formula is C24H36O3. The van der Waals surface area contributed by atoms with E-state index in [1.807, 2.05) is 0 Å². The molecule has 3 aliphatic rings. The molecule has 3 rings (SSSR count). The third kappa shape index (κ3) is 4.09. The number of ether oxygens (including phenoxy) is 2. The van der Waals surface area contributed by atoms with Gasteiger partial charge in [0.1, 0.15) is 11.4 Å². The molecule has 0 aromatic heterocycles. The van der Waals surface area contributed by atoms with Crippen LogP contribution in [0.1, 0.15) is 72.6 Å². The molecule has 0 aromatic carbocycles.